The van der Waals surface area contributed by atoms with Gasteiger partial charge in [0.25, 0.3) is 5.91 Å². The summed E-state index contributed by atoms with van der Waals surface area (Å²) in [5, 5.41) is 14.9. The molecule has 0 aliphatic carbocycles. The molecule has 1 fully saturated rings. The van der Waals surface area contributed by atoms with Gasteiger partial charge in [-0.3, -0.25) is 14.7 Å². The molecule has 1 saturated heterocycles. The predicted molar refractivity (Wildman–Crippen MR) is 136 cm³/mol. The van der Waals surface area contributed by atoms with Crippen LogP contribution in [0.1, 0.15) is 27.0 Å². The maximum Gasteiger partial charge on any atom is 0.256 e. The summed E-state index contributed by atoms with van der Waals surface area (Å²) in [5.74, 6) is 5.87. The van der Waals surface area contributed by atoms with Crippen molar-refractivity contribution in [3.63, 3.8) is 0 Å². The van der Waals surface area contributed by atoms with Crippen molar-refractivity contribution in [2.24, 2.45) is 0 Å². The minimum Gasteiger partial charge on any atom is -0.506 e. The highest BCUT2D eigenvalue weighted by Gasteiger charge is 2.13. The van der Waals surface area contributed by atoms with Crippen molar-refractivity contribution < 1.29 is 14.6 Å². The topological polar surface area (TPSA) is 74.7 Å². The first kappa shape index (κ1) is 22.6. The van der Waals surface area contributed by atoms with Crippen LogP contribution in [0.15, 0.2) is 79.1 Å². The number of rotatable bonds is 4. The zero-order chi connectivity index (χ0) is 24.0. The van der Waals surface area contributed by atoms with Crippen molar-refractivity contribution in [2.45, 2.75) is 6.54 Å². The Morgan fingerprint density at radius 1 is 1.00 bits per heavy atom. The van der Waals surface area contributed by atoms with Gasteiger partial charge in [-0.1, -0.05) is 36.1 Å². The van der Waals surface area contributed by atoms with E-state index in [0.29, 0.717) is 16.8 Å². The Kier molecular flexibility index (Phi) is 6.71. The highest BCUT2D eigenvalue weighted by atomic mass is 16.5. The molecule has 6 nitrogen and oxygen atoms in total. The van der Waals surface area contributed by atoms with Crippen LogP contribution in [-0.2, 0) is 11.3 Å². The molecule has 35 heavy (non-hydrogen) atoms. The van der Waals surface area contributed by atoms with E-state index < -0.39 is 0 Å². The standard InChI is InChI=1S/C29H25N3O3/c33-28-18-22(7-4-21-5-8-23(9-6-21)20-32-14-16-35-17-15-32)10-11-27(28)31-29(34)25-3-1-2-24-12-13-30-19-26(24)25/h1-3,5-6,8-13,18-19,33H,14-17,20H2,(H,31,34). The number of nitrogens with one attached hydrogen (secondary N) is 1. The molecule has 0 radical (unpaired) electrons. The number of aromatic nitrogens is 1. The normalized spacial score (nSPS) is 13.7. The predicted octanol–water partition coefficient (Wildman–Crippen LogP) is 4.42. The van der Waals surface area contributed by atoms with Gasteiger partial charge in [-0.05, 0) is 53.4 Å². The Balaban J connectivity index is 1.25. The number of amides is 1. The third kappa shape index (κ3) is 5.49. The summed E-state index contributed by atoms with van der Waals surface area (Å²) in [5.41, 5.74) is 3.63. The van der Waals surface area contributed by atoms with Crippen LogP contribution in [-0.4, -0.2) is 47.2 Å². The number of hydrogen-bond donors (Lipinski definition) is 2. The second-order valence-electron chi connectivity index (χ2n) is 8.42. The number of phenolic OH excluding ortho intramolecular Hbond substituents is 1. The van der Waals surface area contributed by atoms with Gasteiger partial charge in [0.05, 0.1) is 18.9 Å². The first-order chi connectivity index (χ1) is 17.2. The van der Waals surface area contributed by atoms with Crippen molar-refractivity contribution in [3.05, 3.63) is 101 Å². The minimum atomic E-state index is -0.310. The van der Waals surface area contributed by atoms with E-state index in [9.17, 15) is 9.90 Å². The molecular formula is C29H25N3O3. The number of anilines is 1. The van der Waals surface area contributed by atoms with Crippen LogP contribution in [0.25, 0.3) is 10.8 Å². The quantitative estimate of drug-likeness (QED) is 0.346. The number of carbonyl (C=O) groups is 1. The van der Waals surface area contributed by atoms with Crippen LogP contribution in [0.5, 0.6) is 5.75 Å². The fraction of sp³-hybridized carbons (Fsp3) is 0.172. The van der Waals surface area contributed by atoms with Crippen molar-refractivity contribution in [3.8, 4) is 17.6 Å². The van der Waals surface area contributed by atoms with Gasteiger partial charge in [-0.15, -0.1) is 0 Å². The largest absolute Gasteiger partial charge is 0.506 e. The van der Waals surface area contributed by atoms with Crippen LogP contribution in [0.3, 0.4) is 0 Å². The molecular weight excluding hydrogens is 438 g/mol. The van der Waals surface area contributed by atoms with Crippen LogP contribution in [0.2, 0.25) is 0 Å². The lowest BCUT2D eigenvalue weighted by molar-refractivity contribution is 0.0342. The zero-order valence-electron chi connectivity index (χ0n) is 19.2. The Morgan fingerprint density at radius 2 is 1.77 bits per heavy atom. The summed E-state index contributed by atoms with van der Waals surface area (Å²) in [6.45, 7) is 4.41. The van der Waals surface area contributed by atoms with Gasteiger partial charge in [0.2, 0.25) is 0 Å². The van der Waals surface area contributed by atoms with Gasteiger partial charge in [0.1, 0.15) is 5.75 Å². The molecule has 2 heterocycles. The lowest BCUT2D eigenvalue weighted by Crippen LogP contribution is -2.35. The highest BCUT2D eigenvalue weighted by Crippen LogP contribution is 2.26. The number of fused-ring (bicyclic) bond motifs is 1. The number of nitrogens with zero attached hydrogens (tertiary/aromatic N) is 2. The number of aromatic hydroxyl groups is 1. The lowest BCUT2D eigenvalue weighted by Gasteiger charge is -2.26. The minimum absolute atomic E-state index is 0.0376. The number of morpholine rings is 1. The van der Waals surface area contributed by atoms with E-state index in [1.54, 1.807) is 36.7 Å². The van der Waals surface area contributed by atoms with Gasteiger partial charge in [-0.25, -0.2) is 0 Å². The number of pyridine rings is 1. The molecule has 0 spiro atoms. The third-order valence-corrected chi connectivity index (χ3v) is 5.99. The van der Waals surface area contributed by atoms with Crippen LogP contribution < -0.4 is 5.32 Å². The second-order valence-corrected chi connectivity index (χ2v) is 8.42. The van der Waals surface area contributed by atoms with Gasteiger partial charge in [-0.2, -0.15) is 0 Å². The van der Waals surface area contributed by atoms with E-state index in [-0.39, 0.29) is 11.7 Å². The number of hydrogen-bond acceptors (Lipinski definition) is 5. The number of ether oxygens (including phenoxy) is 1. The molecule has 1 aromatic heterocycles. The molecule has 1 aliphatic rings. The molecule has 4 aromatic rings. The summed E-state index contributed by atoms with van der Waals surface area (Å²) >= 11 is 0. The lowest BCUT2D eigenvalue weighted by atomic mass is 10.1. The SMILES string of the molecule is O=C(Nc1ccc(C#Cc2ccc(CN3CCOCC3)cc2)cc1O)c1cccc2ccncc12. The van der Waals surface area contributed by atoms with Crippen molar-refractivity contribution in [1.29, 1.82) is 0 Å². The van der Waals surface area contributed by atoms with Gasteiger partial charge < -0.3 is 15.2 Å². The van der Waals surface area contributed by atoms with Gasteiger partial charge >= 0.3 is 0 Å². The molecule has 0 saturated carbocycles. The first-order valence-corrected chi connectivity index (χ1v) is 11.5. The maximum atomic E-state index is 12.8. The van der Waals surface area contributed by atoms with Gasteiger partial charge in [0.15, 0.2) is 0 Å². The molecule has 0 bridgehead atoms. The van der Waals surface area contributed by atoms with Crippen molar-refractivity contribution >= 4 is 22.4 Å². The van der Waals surface area contributed by atoms with E-state index in [1.165, 1.54) is 5.56 Å². The third-order valence-electron chi connectivity index (χ3n) is 5.99. The molecule has 0 unspecified atom stereocenters. The highest BCUT2D eigenvalue weighted by molar-refractivity contribution is 6.13. The van der Waals surface area contributed by atoms with Crippen LogP contribution in [0, 0.1) is 11.8 Å². The monoisotopic (exact) mass is 463 g/mol. The summed E-state index contributed by atoms with van der Waals surface area (Å²) in [4.78, 5) is 19.3. The van der Waals surface area contributed by atoms with Crippen LogP contribution >= 0.6 is 0 Å². The Hall–Kier alpha value is -4.18. The Labute approximate surface area is 204 Å². The van der Waals surface area contributed by atoms with E-state index in [0.717, 1.165) is 49.2 Å². The zero-order valence-corrected chi connectivity index (χ0v) is 19.2. The molecule has 1 amide bonds. The van der Waals surface area contributed by atoms with E-state index in [1.807, 2.05) is 30.3 Å². The average molecular weight is 464 g/mol. The van der Waals surface area contributed by atoms with E-state index in [2.05, 4.69) is 39.2 Å². The molecule has 3 aromatic carbocycles. The second kappa shape index (κ2) is 10.4. The van der Waals surface area contributed by atoms with Crippen LogP contribution in [0.4, 0.5) is 5.69 Å². The van der Waals surface area contributed by atoms with Gasteiger partial charge in [0, 0.05) is 54.1 Å². The first-order valence-electron chi connectivity index (χ1n) is 11.5. The van der Waals surface area contributed by atoms with E-state index >= 15 is 0 Å². The number of carbonyl (C=O) groups excluding carboxylic acids is 1. The number of benzene rings is 3. The Morgan fingerprint density at radius 3 is 2.57 bits per heavy atom. The molecule has 6 heteroatoms. The summed E-state index contributed by atoms with van der Waals surface area (Å²) in [7, 11) is 0. The average Bonchev–Trinajstić information content (AvgIpc) is 2.90. The fourth-order valence-electron chi connectivity index (χ4n) is 4.07. The molecule has 1 aliphatic heterocycles. The Bertz CT molecular complexity index is 1410. The van der Waals surface area contributed by atoms with Crippen molar-refractivity contribution in [2.75, 3.05) is 31.6 Å². The summed E-state index contributed by atoms with van der Waals surface area (Å²) in [6, 6.07) is 20.5. The molecule has 2 N–H and O–H groups in total. The molecule has 174 valence electrons. The fourth-order valence-corrected chi connectivity index (χ4v) is 4.07. The maximum absolute atomic E-state index is 12.8. The number of phenols is 1. The smallest absolute Gasteiger partial charge is 0.256 e. The summed E-state index contributed by atoms with van der Waals surface area (Å²) < 4.78 is 5.40. The molecule has 5 rings (SSSR count). The summed E-state index contributed by atoms with van der Waals surface area (Å²) in [6.07, 6.45) is 3.35. The molecule has 0 atom stereocenters. The van der Waals surface area contributed by atoms with Crippen molar-refractivity contribution in [1.82, 2.24) is 9.88 Å². The van der Waals surface area contributed by atoms with E-state index in [4.69, 9.17) is 4.74 Å².